The fourth-order valence-electron chi connectivity index (χ4n) is 3.34. The van der Waals surface area contributed by atoms with Gasteiger partial charge in [-0.15, -0.1) is 0 Å². The van der Waals surface area contributed by atoms with E-state index in [4.69, 9.17) is 10.2 Å². The fraction of sp³-hybridized carbons (Fsp3) is 0.316. The van der Waals surface area contributed by atoms with E-state index in [1.165, 1.54) is 6.08 Å². The number of fused-ring (bicyclic) bond motifs is 1. The molecule has 11 nitrogen and oxygen atoms in total. The molecular weight excluding hydrogens is 396 g/mol. The second kappa shape index (κ2) is 7.85. The predicted octanol–water partition coefficient (Wildman–Crippen LogP) is -0.0840. The SMILES string of the molecule is CN1CCN(C)c2cc(C=C3C(=O)N(CC(=O)O)C(=O)N(CC(=O)O)C3=O)ccc21. The first-order valence-electron chi connectivity index (χ1n) is 8.99. The number of rotatable bonds is 5. The number of carbonyl (C=O) groups excluding carboxylic acids is 3. The number of benzene rings is 1. The summed E-state index contributed by atoms with van der Waals surface area (Å²) in [6, 6.07) is 3.99. The van der Waals surface area contributed by atoms with Gasteiger partial charge in [0.2, 0.25) is 0 Å². The maximum atomic E-state index is 12.7. The highest BCUT2D eigenvalue weighted by atomic mass is 16.4. The van der Waals surface area contributed by atoms with E-state index in [0.717, 1.165) is 24.5 Å². The van der Waals surface area contributed by atoms with E-state index in [2.05, 4.69) is 4.90 Å². The molecule has 2 heterocycles. The second-order valence-electron chi connectivity index (χ2n) is 7.00. The minimum absolute atomic E-state index is 0.344. The summed E-state index contributed by atoms with van der Waals surface area (Å²) in [4.78, 5) is 64.6. The molecular formula is C19H20N4O7. The van der Waals surface area contributed by atoms with Gasteiger partial charge in [-0.1, -0.05) is 6.07 Å². The molecule has 0 unspecified atom stereocenters. The lowest BCUT2D eigenvalue weighted by molar-refractivity contribution is -0.147. The standard InChI is InChI=1S/C19H20N4O7/c1-20-5-6-21(2)14-8-11(3-4-13(14)20)7-12-17(28)22(9-15(24)25)19(30)23(18(12)29)10-16(26)27/h3-4,7-8H,5-6,9-10H2,1-2H3,(H,24,25)(H,26,27). The predicted molar refractivity (Wildman–Crippen MR) is 105 cm³/mol. The van der Waals surface area contributed by atoms with Crippen LogP contribution in [0.3, 0.4) is 0 Å². The lowest BCUT2D eigenvalue weighted by Gasteiger charge is -2.35. The zero-order valence-corrected chi connectivity index (χ0v) is 16.4. The molecule has 4 amide bonds. The topological polar surface area (TPSA) is 139 Å². The summed E-state index contributed by atoms with van der Waals surface area (Å²) < 4.78 is 0. The minimum Gasteiger partial charge on any atom is -0.480 e. The molecule has 1 fully saturated rings. The zero-order valence-electron chi connectivity index (χ0n) is 16.4. The molecule has 0 atom stereocenters. The van der Waals surface area contributed by atoms with E-state index < -0.39 is 48.4 Å². The van der Waals surface area contributed by atoms with Gasteiger partial charge in [0.1, 0.15) is 18.7 Å². The van der Waals surface area contributed by atoms with Crippen LogP contribution in [0.5, 0.6) is 0 Å². The van der Waals surface area contributed by atoms with Gasteiger partial charge in [-0.2, -0.15) is 0 Å². The van der Waals surface area contributed by atoms with Crippen molar-refractivity contribution in [2.24, 2.45) is 0 Å². The molecule has 0 radical (unpaired) electrons. The third-order valence-electron chi connectivity index (χ3n) is 4.90. The van der Waals surface area contributed by atoms with Crippen molar-refractivity contribution >= 4 is 47.2 Å². The van der Waals surface area contributed by atoms with Crippen molar-refractivity contribution in [1.82, 2.24) is 9.80 Å². The van der Waals surface area contributed by atoms with Crippen LogP contribution in [0, 0.1) is 0 Å². The van der Waals surface area contributed by atoms with Crippen LogP contribution < -0.4 is 9.80 Å². The van der Waals surface area contributed by atoms with Gasteiger partial charge in [-0.25, -0.2) is 14.6 Å². The Balaban J connectivity index is 2.04. The van der Waals surface area contributed by atoms with Gasteiger partial charge in [-0.3, -0.25) is 19.2 Å². The van der Waals surface area contributed by atoms with Crippen LogP contribution in [0.1, 0.15) is 5.56 Å². The molecule has 1 saturated heterocycles. The maximum Gasteiger partial charge on any atom is 0.335 e. The average Bonchev–Trinajstić information content (AvgIpc) is 2.68. The number of urea groups is 1. The molecule has 1 aromatic rings. The van der Waals surface area contributed by atoms with E-state index in [0.29, 0.717) is 15.4 Å². The van der Waals surface area contributed by atoms with E-state index in [1.54, 1.807) is 12.1 Å². The van der Waals surface area contributed by atoms with Gasteiger partial charge in [0.25, 0.3) is 11.8 Å². The number of likely N-dealkylation sites (N-methyl/N-ethyl adjacent to an activating group) is 2. The van der Waals surface area contributed by atoms with Crippen molar-refractivity contribution in [2.75, 3.05) is 50.1 Å². The maximum absolute atomic E-state index is 12.7. The van der Waals surface area contributed by atoms with Crippen molar-refractivity contribution in [2.45, 2.75) is 0 Å². The van der Waals surface area contributed by atoms with Crippen LogP contribution in [0.4, 0.5) is 16.2 Å². The quantitative estimate of drug-likeness (QED) is 0.498. The smallest absolute Gasteiger partial charge is 0.335 e. The Bertz CT molecular complexity index is 947. The van der Waals surface area contributed by atoms with Crippen LogP contribution in [0.25, 0.3) is 6.08 Å². The molecule has 3 rings (SSSR count). The molecule has 2 N–H and O–H groups in total. The number of hydrogen-bond donors (Lipinski definition) is 2. The number of imide groups is 2. The minimum atomic E-state index is -1.47. The summed E-state index contributed by atoms with van der Waals surface area (Å²) in [6.07, 6.45) is 1.24. The van der Waals surface area contributed by atoms with Crippen LogP contribution in [-0.2, 0) is 19.2 Å². The summed E-state index contributed by atoms with van der Waals surface area (Å²) in [6.45, 7) is -0.377. The Morgan fingerprint density at radius 3 is 1.90 bits per heavy atom. The largest absolute Gasteiger partial charge is 0.480 e. The van der Waals surface area contributed by atoms with Crippen LogP contribution >= 0.6 is 0 Å². The van der Waals surface area contributed by atoms with E-state index >= 15 is 0 Å². The molecule has 0 aromatic heterocycles. The third kappa shape index (κ3) is 3.81. The number of barbiturate groups is 1. The Labute approximate surface area is 171 Å². The summed E-state index contributed by atoms with van der Waals surface area (Å²) >= 11 is 0. The first-order valence-corrected chi connectivity index (χ1v) is 8.99. The summed E-state index contributed by atoms with van der Waals surface area (Å²) in [5.41, 5.74) is 1.83. The van der Waals surface area contributed by atoms with E-state index in [9.17, 15) is 24.0 Å². The van der Waals surface area contributed by atoms with Gasteiger partial charge in [0.05, 0.1) is 11.4 Å². The Morgan fingerprint density at radius 1 is 0.900 bits per heavy atom. The highest BCUT2D eigenvalue weighted by Gasteiger charge is 2.43. The van der Waals surface area contributed by atoms with Crippen molar-refractivity contribution in [1.29, 1.82) is 0 Å². The number of carbonyl (C=O) groups is 5. The van der Waals surface area contributed by atoms with Gasteiger partial charge < -0.3 is 20.0 Å². The lowest BCUT2D eigenvalue weighted by Crippen LogP contribution is -2.58. The fourth-order valence-corrected chi connectivity index (χ4v) is 3.34. The van der Waals surface area contributed by atoms with Crippen LogP contribution in [0.15, 0.2) is 23.8 Å². The summed E-state index contributed by atoms with van der Waals surface area (Å²) in [5.74, 6) is -5.12. The molecule has 11 heteroatoms. The molecule has 0 aliphatic carbocycles. The number of amides is 4. The van der Waals surface area contributed by atoms with Crippen LogP contribution in [-0.4, -0.2) is 90.1 Å². The highest BCUT2D eigenvalue weighted by molar-refractivity contribution is 6.31. The Morgan fingerprint density at radius 2 is 1.40 bits per heavy atom. The van der Waals surface area contributed by atoms with Gasteiger partial charge >= 0.3 is 18.0 Å². The van der Waals surface area contributed by atoms with Crippen molar-refractivity contribution in [3.63, 3.8) is 0 Å². The summed E-state index contributed by atoms with van der Waals surface area (Å²) in [7, 11) is 3.85. The van der Waals surface area contributed by atoms with Gasteiger partial charge in [0.15, 0.2) is 0 Å². The van der Waals surface area contributed by atoms with Gasteiger partial charge in [0, 0.05) is 27.2 Å². The number of carboxylic acid groups (broad SMARTS) is 2. The third-order valence-corrected chi connectivity index (χ3v) is 4.90. The van der Waals surface area contributed by atoms with Gasteiger partial charge in [-0.05, 0) is 23.8 Å². The first-order chi connectivity index (χ1) is 14.1. The molecule has 0 saturated carbocycles. The normalized spacial score (nSPS) is 16.7. The number of carboxylic acids is 2. The molecule has 2 aliphatic rings. The van der Waals surface area contributed by atoms with E-state index in [-0.39, 0.29) is 0 Å². The van der Waals surface area contributed by atoms with Crippen LogP contribution in [0.2, 0.25) is 0 Å². The van der Waals surface area contributed by atoms with Crippen molar-refractivity contribution in [3.05, 3.63) is 29.3 Å². The number of anilines is 2. The summed E-state index contributed by atoms with van der Waals surface area (Å²) in [5, 5.41) is 18.0. The van der Waals surface area contributed by atoms with Crippen molar-refractivity contribution < 1.29 is 34.2 Å². The molecule has 1 aromatic carbocycles. The van der Waals surface area contributed by atoms with E-state index in [1.807, 2.05) is 25.1 Å². The molecule has 0 bridgehead atoms. The zero-order chi connectivity index (χ0) is 22.2. The first kappa shape index (κ1) is 20.8. The molecule has 30 heavy (non-hydrogen) atoms. The number of hydrogen-bond acceptors (Lipinski definition) is 7. The van der Waals surface area contributed by atoms with Crippen molar-refractivity contribution in [3.8, 4) is 0 Å². The highest BCUT2D eigenvalue weighted by Crippen LogP contribution is 2.33. The second-order valence-corrected chi connectivity index (χ2v) is 7.00. The molecule has 0 spiro atoms. The molecule has 2 aliphatic heterocycles. The Hall–Kier alpha value is -3.89. The monoisotopic (exact) mass is 416 g/mol. The number of nitrogens with zero attached hydrogens (tertiary/aromatic N) is 4. The lowest BCUT2D eigenvalue weighted by atomic mass is 10.0. The molecule has 158 valence electrons. The average molecular weight is 416 g/mol. The Kier molecular flexibility index (Phi) is 5.45. The number of aliphatic carboxylic acids is 2.